The summed E-state index contributed by atoms with van der Waals surface area (Å²) in [5, 5.41) is 1.13. The summed E-state index contributed by atoms with van der Waals surface area (Å²) in [6.45, 7) is 3.75. The Balaban J connectivity index is 1.68. The van der Waals surface area contributed by atoms with Gasteiger partial charge in [0, 0.05) is 10.9 Å². The molecule has 0 saturated carbocycles. The maximum Gasteiger partial charge on any atom is 0.379 e. The van der Waals surface area contributed by atoms with E-state index >= 15 is 0 Å². The first-order valence-electron chi connectivity index (χ1n) is 10.4. The summed E-state index contributed by atoms with van der Waals surface area (Å²) in [5.74, 6) is -0.168. The molecule has 0 saturated heterocycles. The zero-order valence-corrected chi connectivity index (χ0v) is 18.3. The molecule has 6 nitrogen and oxygen atoms in total. The number of benzene rings is 3. The second-order valence-corrected chi connectivity index (χ2v) is 7.81. The topological polar surface area (TPSA) is 78.9 Å². The molecule has 5 rings (SSSR count). The van der Waals surface area contributed by atoms with Crippen molar-refractivity contribution in [1.82, 2.24) is 0 Å². The molecule has 0 aliphatic heterocycles. The molecule has 3 aromatic carbocycles. The van der Waals surface area contributed by atoms with Gasteiger partial charge >= 0.3 is 5.97 Å². The van der Waals surface area contributed by atoms with Gasteiger partial charge in [-0.15, -0.1) is 0 Å². The van der Waals surface area contributed by atoms with Crippen LogP contribution in [0, 0.1) is 13.8 Å². The van der Waals surface area contributed by atoms with Gasteiger partial charge in [-0.3, -0.25) is 4.79 Å². The van der Waals surface area contributed by atoms with Gasteiger partial charge in [0.15, 0.2) is 5.76 Å². The molecule has 0 unspecified atom stereocenters. The molecular formula is C27H20O6. The Bertz CT molecular complexity index is 1540. The number of hydrogen-bond donors (Lipinski definition) is 0. The van der Waals surface area contributed by atoms with Crippen molar-refractivity contribution in [1.29, 1.82) is 0 Å². The van der Waals surface area contributed by atoms with Gasteiger partial charge in [0.05, 0.1) is 12.5 Å². The summed E-state index contributed by atoms with van der Waals surface area (Å²) in [7, 11) is 1.57. The van der Waals surface area contributed by atoms with Gasteiger partial charge in [-0.2, -0.15) is 0 Å². The zero-order valence-electron chi connectivity index (χ0n) is 18.3. The maximum absolute atomic E-state index is 13.5. The van der Waals surface area contributed by atoms with Gasteiger partial charge < -0.3 is 18.3 Å². The van der Waals surface area contributed by atoms with E-state index in [1.807, 2.05) is 38.1 Å². The number of esters is 1. The van der Waals surface area contributed by atoms with Crippen molar-refractivity contribution in [2.75, 3.05) is 7.11 Å². The van der Waals surface area contributed by atoms with Crippen LogP contribution in [-0.2, 0) is 0 Å². The van der Waals surface area contributed by atoms with Crippen LogP contribution in [0.4, 0.5) is 0 Å². The van der Waals surface area contributed by atoms with E-state index < -0.39 is 11.4 Å². The van der Waals surface area contributed by atoms with Crippen LogP contribution in [0.2, 0.25) is 0 Å². The van der Waals surface area contributed by atoms with Crippen molar-refractivity contribution in [3.8, 4) is 22.8 Å². The average Bonchev–Trinajstić information content (AvgIpc) is 3.25. The SMILES string of the molecule is COc1ccc(-c2oc3cc(C)cc(C)c3c(=O)c2OC(=O)c2cc3ccccc3o2)cc1. The number of fused-ring (bicyclic) bond motifs is 2. The quantitative estimate of drug-likeness (QED) is 0.317. The molecule has 6 heteroatoms. The molecule has 0 amide bonds. The highest BCUT2D eigenvalue weighted by Crippen LogP contribution is 2.34. The van der Waals surface area contributed by atoms with E-state index in [4.69, 9.17) is 18.3 Å². The number of furan rings is 1. The van der Waals surface area contributed by atoms with Crippen LogP contribution in [-0.4, -0.2) is 13.1 Å². The Morgan fingerprint density at radius 1 is 0.879 bits per heavy atom. The number of carbonyl (C=O) groups is 1. The van der Waals surface area contributed by atoms with Gasteiger partial charge in [0.25, 0.3) is 0 Å². The highest BCUT2D eigenvalue weighted by molar-refractivity contribution is 5.95. The summed E-state index contributed by atoms with van der Waals surface area (Å²) in [6, 6.07) is 19.5. The van der Waals surface area contributed by atoms with E-state index in [9.17, 15) is 9.59 Å². The van der Waals surface area contributed by atoms with Gasteiger partial charge in [-0.25, -0.2) is 4.79 Å². The second kappa shape index (κ2) is 7.98. The number of hydrogen-bond acceptors (Lipinski definition) is 6. The second-order valence-electron chi connectivity index (χ2n) is 7.81. The maximum atomic E-state index is 13.5. The third kappa shape index (κ3) is 3.65. The zero-order chi connectivity index (χ0) is 23.1. The average molecular weight is 440 g/mol. The standard InChI is InChI=1S/C27H20O6/c1-15-12-16(2)23-21(13-15)32-25(17-8-10-19(30-3)11-9-17)26(24(23)28)33-27(29)22-14-18-6-4-5-7-20(18)31-22/h4-14H,1-3H3. The van der Waals surface area contributed by atoms with Crippen LogP contribution in [0.25, 0.3) is 33.3 Å². The van der Waals surface area contributed by atoms with Crippen molar-refractivity contribution in [2.24, 2.45) is 0 Å². The Hall–Kier alpha value is -4.32. The van der Waals surface area contributed by atoms with E-state index in [2.05, 4.69) is 0 Å². The monoisotopic (exact) mass is 440 g/mol. The number of para-hydroxylation sites is 1. The summed E-state index contributed by atoms with van der Waals surface area (Å²) in [5.41, 5.74) is 2.81. The highest BCUT2D eigenvalue weighted by Gasteiger charge is 2.24. The number of carbonyl (C=O) groups excluding carboxylic acids is 1. The lowest BCUT2D eigenvalue weighted by Crippen LogP contribution is -2.16. The number of ether oxygens (including phenoxy) is 2. The molecule has 0 spiro atoms. The summed E-state index contributed by atoms with van der Waals surface area (Å²) in [4.78, 5) is 26.5. The fraction of sp³-hybridized carbons (Fsp3) is 0.111. The Kier molecular flexibility index (Phi) is 4.98. The van der Waals surface area contributed by atoms with Gasteiger partial charge in [-0.05, 0) is 67.4 Å². The third-order valence-electron chi connectivity index (χ3n) is 5.47. The van der Waals surface area contributed by atoms with Gasteiger partial charge in [0.2, 0.25) is 16.9 Å². The van der Waals surface area contributed by atoms with E-state index in [-0.39, 0.29) is 17.3 Å². The van der Waals surface area contributed by atoms with Crippen LogP contribution in [0.1, 0.15) is 21.7 Å². The summed E-state index contributed by atoms with van der Waals surface area (Å²) in [6.07, 6.45) is 0. The fourth-order valence-electron chi connectivity index (χ4n) is 3.92. The first-order valence-corrected chi connectivity index (χ1v) is 10.4. The molecule has 0 fully saturated rings. The Labute approximate surface area is 189 Å². The molecule has 0 radical (unpaired) electrons. The molecule has 2 aromatic heterocycles. The lowest BCUT2D eigenvalue weighted by Gasteiger charge is -2.12. The molecule has 0 aliphatic carbocycles. The normalized spacial score (nSPS) is 11.1. The Morgan fingerprint density at radius 3 is 2.36 bits per heavy atom. The van der Waals surface area contributed by atoms with Crippen molar-refractivity contribution in [2.45, 2.75) is 13.8 Å². The summed E-state index contributed by atoms with van der Waals surface area (Å²) >= 11 is 0. The minimum absolute atomic E-state index is 0.00277. The van der Waals surface area contributed by atoms with Crippen LogP contribution < -0.4 is 14.9 Å². The van der Waals surface area contributed by atoms with Gasteiger partial charge in [0.1, 0.15) is 16.9 Å². The number of methoxy groups -OCH3 is 1. The highest BCUT2D eigenvalue weighted by atomic mass is 16.6. The molecule has 33 heavy (non-hydrogen) atoms. The predicted molar refractivity (Wildman–Crippen MR) is 125 cm³/mol. The molecular weight excluding hydrogens is 420 g/mol. The van der Waals surface area contributed by atoms with Crippen molar-refractivity contribution in [3.05, 3.63) is 93.8 Å². The minimum Gasteiger partial charge on any atom is -0.497 e. The lowest BCUT2D eigenvalue weighted by atomic mass is 10.0. The van der Waals surface area contributed by atoms with E-state index in [0.29, 0.717) is 27.9 Å². The summed E-state index contributed by atoms with van der Waals surface area (Å²) < 4.78 is 22.6. The smallest absolute Gasteiger partial charge is 0.379 e. The van der Waals surface area contributed by atoms with Crippen LogP contribution in [0.5, 0.6) is 11.5 Å². The Morgan fingerprint density at radius 2 is 1.64 bits per heavy atom. The van der Waals surface area contributed by atoms with E-state index in [1.165, 1.54) is 0 Å². The molecule has 5 aromatic rings. The first-order chi connectivity index (χ1) is 15.9. The number of aryl methyl sites for hydroxylation is 2. The van der Waals surface area contributed by atoms with Crippen LogP contribution >= 0.6 is 0 Å². The molecule has 164 valence electrons. The molecule has 2 heterocycles. The largest absolute Gasteiger partial charge is 0.497 e. The van der Waals surface area contributed by atoms with Crippen molar-refractivity contribution in [3.63, 3.8) is 0 Å². The molecule has 0 atom stereocenters. The van der Waals surface area contributed by atoms with Crippen LogP contribution in [0.3, 0.4) is 0 Å². The van der Waals surface area contributed by atoms with E-state index in [1.54, 1.807) is 49.6 Å². The fourth-order valence-corrected chi connectivity index (χ4v) is 3.92. The third-order valence-corrected chi connectivity index (χ3v) is 5.47. The van der Waals surface area contributed by atoms with Crippen molar-refractivity contribution >= 4 is 27.9 Å². The van der Waals surface area contributed by atoms with Gasteiger partial charge in [-0.1, -0.05) is 24.3 Å². The molecule has 0 aliphatic rings. The molecule has 0 bridgehead atoms. The van der Waals surface area contributed by atoms with Crippen molar-refractivity contribution < 1.29 is 23.1 Å². The van der Waals surface area contributed by atoms with Crippen LogP contribution in [0.15, 0.2) is 80.4 Å². The first kappa shape index (κ1) is 20.6. The molecule has 0 N–H and O–H groups in total. The van der Waals surface area contributed by atoms with E-state index in [0.717, 1.165) is 16.5 Å². The predicted octanol–water partition coefficient (Wildman–Crippen LogP) is 6.05. The number of rotatable bonds is 4. The lowest BCUT2D eigenvalue weighted by molar-refractivity contribution is 0.0700. The minimum atomic E-state index is -0.780.